The lowest BCUT2D eigenvalue weighted by molar-refractivity contribution is 0.281. The molecule has 0 aliphatic rings. The Bertz CT molecular complexity index is 581. The Labute approximate surface area is 123 Å². The van der Waals surface area contributed by atoms with Crippen LogP contribution in [0.2, 0.25) is 0 Å². The molecule has 0 aliphatic heterocycles. The fourth-order valence-corrected chi connectivity index (χ4v) is 2.27. The summed E-state index contributed by atoms with van der Waals surface area (Å²) in [5.74, 6) is -1.10. The fraction of sp³-hybridized carbons (Fsp3) is 0.294. The van der Waals surface area contributed by atoms with Gasteiger partial charge in [0.1, 0.15) is 11.6 Å². The predicted molar refractivity (Wildman–Crippen MR) is 78.8 cm³/mol. The van der Waals surface area contributed by atoms with Gasteiger partial charge in [-0.1, -0.05) is 24.3 Å². The van der Waals surface area contributed by atoms with E-state index in [0.29, 0.717) is 18.5 Å². The van der Waals surface area contributed by atoms with E-state index in [1.54, 1.807) is 0 Å². The molecular weight excluding hydrogens is 272 g/mol. The molecule has 0 radical (unpaired) electrons. The third-order valence-corrected chi connectivity index (χ3v) is 3.42. The van der Waals surface area contributed by atoms with Gasteiger partial charge in [-0.3, -0.25) is 0 Å². The first-order chi connectivity index (χ1) is 10.1. The molecule has 112 valence electrons. The third-order valence-electron chi connectivity index (χ3n) is 3.42. The Morgan fingerprint density at radius 3 is 2.43 bits per heavy atom. The van der Waals surface area contributed by atoms with Crippen LogP contribution in [0, 0.1) is 11.6 Å². The van der Waals surface area contributed by atoms with Crippen LogP contribution in [0.1, 0.15) is 29.7 Å². The van der Waals surface area contributed by atoms with E-state index in [2.05, 4.69) is 5.32 Å². The maximum atomic E-state index is 13.1. The third kappa shape index (κ3) is 4.62. The summed E-state index contributed by atoms with van der Waals surface area (Å²) in [5, 5.41) is 12.4. The first-order valence-corrected chi connectivity index (χ1v) is 6.96. The monoisotopic (exact) mass is 291 g/mol. The number of rotatable bonds is 6. The molecule has 0 saturated heterocycles. The van der Waals surface area contributed by atoms with E-state index < -0.39 is 11.6 Å². The minimum absolute atomic E-state index is 0.0170. The van der Waals surface area contributed by atoms with E-state index in [9.17, 15) is 8.78 Å². The molecule has 0 fully saturated rings. The molecule has 2 aromatic rings. The summed E-state index contributed by atoms with van der Waals surface area (Å²) in [4.78, 5) is 0. The van der Waals surface area contributed by atoms with Crippen molar-refractivity contribution in [2.24, 2.45) is 0 Å². The molecular formula is C17H19F2NO. The van der Waals surface area contributed by atoms with Crippen molar-refractivity contribution < 1.29 is 13.9 Å². The Hall–Kier alpha value is -1.78. The van der Waals surface area contributed by atoms with Gasteiger partial charge in [-0.05, 0) is 48.7 Å². The molecule has 0 aromatic heterocycles. The molecule has 0 bridgehead atoms. The van der Waals surface area contributed by atoms with Crippen LogP contribution in [0.3, 0.4) is 0 Å². The van der Waals surface area contributed by atoms with E-state index in [1.165, 1.54) is 12.1 Å². The van der Waals surface area contributed by atoms with Crippen LogP contribution in [0.5, 0.6) is 0 Å². The second-order valence-corrected chi connectivity index (χ2v) is 5.11. The predicted octanol–water partition coefficient (Wildman–Crippen LogP) is 3.35. The molecule has 2 rings (SSSR count). The van der Waals surface area contributed by atoms with E-state index in [-0.39, 0.29) is 12.6 Å². The highest BCUT2D eigenvalue weighted by atomic mass is 19.1. The molecule has 1 atom stereocenters. The van der Waals surface area contributed by atoms with Gasteiger partial charge in [0.05, 0.1) is 6.61 Å². The number of aliphatic hydroxyl groups is 1. The summed E-state index contributed by atoms with van der Waals surface area (Å²) < 4.78 is 26.2. The zero-order valence-corrected chi connectivity index (χ0v) is 11.9. The smallest absolute Gasteiger partial charge is 0.126 e. The van der Waals surface area contributed by atoms with Crippen LogP contribution in [0.25, 0.3) is 0 Å². The highest BCUT2D eigenvalue weighted by Gasteiger charge is 2.06. The Balaban J connectivity index is 1.90. The van der Waals surface area contributed by atoms with Crippen LogP contribution >= 0.6 is 0 Å². The largest absolute Gasteiger partial charge is 0.392 e. The fourth-order valence-electron chi connectivity index (χ4n) is 2.27. The zero-order chi connectivity index (χ0) is 15.2. The number of halogens is 2. The van der Waals surface area contributed by atoms with E-state index in [0.717, 1.165) is 17.2 Å². The van der Waals surface area contributed by atoms with Gasteiger partial charge in [-0.15, -0.1) is 0 Å². The lowest BCUT2D eigenvalue weighted by Crippen LogP contribution is -2.21. The maximum Gasteiger partial charge on any atom is 0.126 e. The summed E-state index contributed by atoms with van der Waals surface area (Å²) in [6, 6.07) is 11.4. The zero-order valence-electron chi connectivity index (χ0n) is 11.9. The molecule has 0 spiro atoms. The topological polar surface area (TPSA) is 32.3 Å². The van der Waals surface area contributed by atoms with Gasteiger partial charge in [0.15, 0.2) is 0 Å². The molecule has 4 heteroatoms. The first kappa shape index (κ1) is 15.6. The highest BCUT2D eigenvalue weighted by Crippen LogP contribution is 2.14. The molecule has 0 amide bonds. The van der Waals surface area contributed by atoms with Crippen LogP contribution in [-0.4, -0.2) is 11.7 Å². The van der Waals surface area contributed by atoms with Crippen LogP contribution < -0.4 is 5.32 Å². The molecule has 0 heterocycles. The lowest BCUT2D eigenvalue weighted by atomic mass is 10.0. The average molecular weight is 291 g/mol. The van der Waals surface area contributed by atoms with Crippen LogP contribution in [-0.2, 0) is 13.0 Å². The van der Waals surface area contributed by atoms with Crippen molar-refractivity contribution in [3.63, 3.8) is 0 Å². The summed E-state index contributed by atoms with van der Waals surface area (Å²) in [5.41, 5.74) is 2.58. The van der Waals surface area contributed by atoms with Gasteiger partial charge in [0.25, 0.3) is 0 Å². The molecule has 21 heavy (non-hydrogen) atoms. The second kappa shape index (κ2) is 7.29. The summed E-state index contributed by atoms with van der Waals surface area (Å²) in [6.07, 6.45) is 0.554. The number of benzene rings is 2. The van der Waals surface area contributed by atoms with Gasteiger partial charge in [0, 0.05) is 12.1 Å². The molecule has 1 unspecified atom stereocenters. The number of aliphatic hydroxyl groups excluding tert-OH is 1. The summed E-state index contributed by atoms with van der Waals surface area (Å²) in [7, 11) is 0. The van der Waals surface area contributed by atoms with Crippen LogP contribution in [0.4, 0.5) is 8.78 Å². The molecule has 2 N–H and O–H groups in total. The first-order valence-electron chi connectivity index (χ1n) is 6.96. The SMILES string of the molecule is CC(NCCc1cc(F)cc(F)c1)c1cccc(CO)c1. The number of hydrogen-bond donors (Lipinski definition) is 2. The molecule has 2 aromatic carbocycles. The summed E-state index contributed by atoms with van der Waals surface area (Å²) >= 11 is 0. The van der Waals surface area contributed by atoms with E-state index in [4.69, 9.17) is 5.11 Å². The lowest BCUT2D eigenvalue weighted by Gasteiger charge is -2.15. The van der Waals surface area contributed by atoms with Crippen molar-refractivity contribution in [1.29, 1.82) is 0 Å². The average Bonchev–Trinajstić information content (AvgIpc) is 2.46. The second-order valence-electron chi connectivity index (χ2n) is 5.11. The van der Waals surface area contributed by atoms with Gasteiger partial charge < -0.3 is 10.4 Å². The van der Waals surface area contributed by atoms with Crippen LogP contribution in [0.15, 0.2) is 42.5 Å². The molecule has 2 nitrogen and oxygen atoms in total. The van der Waals surface area contributed by atoms with Gasteiger partial charge in [0.2, 0.25) is 0 Å². The summed E-state index contributed by atoms with van der Waals surface area (Å²) in [6.45, 7) is 2.65. The van der Waals surface area contributed by atoms with Gasteiger partial charge in [-0.2, -0.15) is 0 Å². The standard InChI is InChI=1S/C17H19F2NO/c1-12(15-4-2-3-14(7-15)11-21)20-6-5-13-8-16(18)10-17(19)9-13/h2-4,7-10,12,20-21H,5-6,11H2,1H3. The van der Waals surface area contributed by atoms with Crippen molar-refractivity contribution in [2.75, 3.05) is 6.54 Å². The highest BCUT2D eigenvalue weighted by molar-refractivity contribution is 5.25. The Kier molecular flexibility index (Phi) is 5.42. The quantitative estimate of drug-likeness (QED) is 0.855. The number of hydrogen-bond acceptors (Lipinski definition) is 2. The van der Waals surface area contributed by atoms with Gasteiger partial charge >= 0.3 is 0 Å². The maximum absolute atomic E-state index is 13.1. The van der Waals surface area contributed by atoms with Crippen molar-refractivity contribution in [3.05, 3.63) is 70.8 Å². The van der Waals surface area contributed by atoms with Gasteiger partial charge in [-0.25, -0.2) is 8.78 Å². The minimum atomic E-state index is -0.548. The Morgan fingerprint density at radius 2 is 1.76 bits per heavy atom. The number of nitrogens with one attached hydrogen (secondary N) is 1. The molecule has 0 aliphatic carbocycles. The van der Waals surface area contributed by atoms with Crippen molar-refractivity contribution in [3.8, 4) is 0 Å². The van der Waals surface area contributed by atoms with Crippen molar-refractivity contribution >= 4 is 0 Å². The Morgan fingerprint density at radius 1 is 1.05 bits per heavy atom. The van der Waals surface area contributed by atoms with E-state index in [1.807, 2.05) is 31.2 Å². The molecule has 0 saturated carbocycles. The van der Waals surface area contributed by atoms with E-state index >= 15 is 0 Å². The van der Waals surface area contributed by atoms with Crippen molar-refractivity contribution in [1.82, 2.24) is 5.32 Å². The minimum Gasteiger partial charge on any atom is -0.392 e. The van der Waals surface area contributed by atoms with Crippen molar-refractivity contribution in [2.45, 2.75) is 26.0 Å². The normalized spacial score (nSPS) is 12.4.